The fraction of sp³-hybridized carbons (Fsp3) is 0.368. The van der Waals surface area contributed by atoms with Crippen LogP contribution in [0.3, 0.4) is 0 Å². The van der Waals surface area contributed by atoms with Crippen LogP contribution in [0.15, 0.2) is 35.6 Å². The number of H-pyrrole nitrogens is 1. The highest BCUT2D eigenvalue weighted by Crippen LogP contribution is 2.30. The maximum absolute atomic E-state index is 14.4. The lowest BCUT2D eigenvalue weighted by atomic mass is 9.96. The van der Waals surface area contributed by atoms with Crippen molar-refractivity contribution in [1.82, 2.24) is 24.9 Å². The SMILES string of the molecule is CC1CC(c2ncc(-c3nc(Nc4ccc(S(C)(=O)=O)cn4)ncc3F)[nH]2)CCO1. The number of nitrogens with zero attached hydrogens (tertiary/aromatic N) is 4. The van der Waals surface area contributed by atoms with Gasteiger partial charge in [-0.05, 0) is 31.9 Å². The van der Waals surface area contributed by atoms with E-state index in [2.05, 4.69) is 30.2 Å². The Bertz CT molecular complexity index is 1150. The van der Waals surface area contributed by atoms with Crippen LogP contribution in [0.25, 0.3) is 11.4 Å². The van der Waals surface area contributed by atoms with E-state index in [-0.39, 0.29) is 28.6 Å². The van der Waals surface area contributed by atoms with Gasteiger partial charge in [0.05, 0.1) is 29.1 Å². The molecular weight excluding hydrogens is 411 g/mol. The van der Waals surface area contributed by atoms with Gasteiger partial charge in [0.25, 0.3) is 0 Å². The lowest BCUT2D eigenvalue weighted by molar-refractivity contribution is 0.0174. The quantitative estimate of drug-likeness (QED) is 0.631. The van der Waals surface area contributed by atoms with E-state index in [9.17, 15) is 12.8 Å². The molecule has 0 bridgehead atoms. The van der Waals surface area contributed by atoms with Gasteiger partial charge in [0.1, 0.15) is 17.3 Å². The van der Waals surface area contributed by atoms with Crippen molar-refractivity contribution < 1.29 is 17.5 Å². The van der Waals surface area contributed by atoms with Gasteiger partial charge in [-0.1, -0.05) is 0 Å². The van der Waals surface area contributed by atoms with Gasteiger partial charge in [0.2, 0.25) is 5.95 Å². The molecule has 4 heterocycles. The number of hydrogen-bond acceptors (Lipinski definition) is 8. The molecule has 9 nitrogen and oxygen atoms in total. The van der Waals surface area contributed by atoms with Crippen molar-refractivity contribution in [3.63, 3.8) is 0 Å². The number of halogens is 1. The Kier molecular flexibility index (Phi) is 5.48. The van der Waals surface area contributed by atoms with Crippen LogP contribution in [0.5, 0.6) is 0 Å². The van der Waals surface area contributed by atoms with Crippen molar-refractivity contribution in [2.45, 2.75) is 36.7 Å². The van der Waals surface area contributed by atoms with E-state index in [4.69, 9.17) is 4.74 Å². The molecule has 1 fully saturated rings. The number of anilines is 2. The summed E-state index contributed by atoms with van der Waals surface area (Å²) in [4.78, 5) is 19.9. The van der Waals surface area contributed by atoms with Gasteiger partial charge in [-0.25, -0.2) is 32.7 Å². The Morgan fingerprint density at radius 1 is 1.20 bits per heavy atom. The number of ether oxygens (including phenoxy) is 1. The molecule has 0 aromatic carbocycles. The number of hydrogen-bond donors (Lipinski definition) is 2. The second-order valence-corrected chi connectivity index (χ2v) is 9.27. The number of sulfone groups is 1. The zero-order chi connectivity index (χ0) is 21.3. The van der Waals surface area contributed by atoms with Gasteiger partial charge in [-0.15, -0.1) is 0 Å². The first-order valence-corrected chi connectivity index (χ1v) is 11.3. The van der Waals surface area contributed by atoms with Crippen LogP contribution in [-0.4, -0.2) is 52.3 Å². The Morgan fingerprint density at radius 3 is 2.73 bits per heavy atom. The van der Waals surface area contributed by atoms with Crippen LogP contribution in [0, 0.1) is 5.82 Å². The van der Waals surface area contributed by atoms with Crippen LogP contribution in [0.2, 0.25) is 0 Å². The average Bonchev–Trinajstić information content (AvgIpc) is 3.19. The number of rotatable bonds is 5. The second kappa shape index (κ2) is 8.07. The highest BCUT2D eigenvalue weighted by atomic mass is 32.2. The first kappa shape index (κ1) is 20.4. The Labute approximate surface area is 173 Å². The third-order valence-electron chi connectivity index (χ3n) is 4.87. The Hall–Kier alpha value is -2.92. The molecular formula is C19H21FN6O3S. The van der Waals surface area contributed by atoms with Crippen LogP contribution in [0.1, 0.15) is 31.5 Å². The van der Waals surface area contributed by atoms with Gasteiger partial charge >= 0.3 is 0 Å². The zero-order valence-electron chi connectivity index (χ0n) is 16.5. The predicted octanol–water partition coefficient (Wildman–Crippen LogP) is 2.83. The first-order valence-electron chi connectivity index (χ1n) is 9.42. The summed E-state index contributed by atoms with van der Waals surface area (Å²) in [5, 5.41) is 2.85. The fourth-order valence-electron chi connectivity index (χ4n) is 3.32. The van der Waals surface area contributed by atoms with Gasteiger partial charge in [-0.2, -0.15) is 0 Å². The molecule has 0 saturated carbocycles. The maximum atomic E-state index is 14.4. The van der Waals surface area contributed by atoms with E-state index in [0.717, 1.165) is 31.1 Å². The maximum Gasteiger partial charge on any atom is 0.229 e. The summed E-state index contributed by atoms with van der Waals surface area (Å²) in [5.41, 5.74) is 0.534. The van der Waals surface area contributed by atoms with Crippen molar-refractivity contribution >= 4 is 21.6 Å². The van der Waals surface area contributed by atoms with Crippen molar-refractivity contribution in [1.29, 1.82) is 0 Å². The predicted molar refractivity (Wildman–Crippen MR) is 108 cm³/mol. The van der Waals surface area contributed by atoms with Gasteiger partial charge < -0.3 is 15.0 Å². The summed E-state index contributed by atoms with van der Waals surface area (Å²) in [6.07, 6.45) is 6.82. The van der Waals surface area contributed by atoms with Crippen molar-refractivity contribution in [2.24, 2.45) is 0 Å². The van der Waals surface area contributed by atoms with Gasteiger partial charge in [0.15, 0.2) is 15.7 Å². The zero-order valence-corrected chi connectivity index (χ0v) is 17.3. The van der Waals surface area contributed by atoms with E-state index in [1.807, 2.05) is 6.92 Å². The topological polar surface area (TPSA) is 123 Å². The molecule has 1 aliphatic heterocycles. The molecule has 158 valence electrons. The molecule has 0 aliphatic carbocycles. The summed E-state index contributed by atoms with van der Waals surface area (Å²) in [7, 11) is -3.34. The molecule has 0 radical (unpaired) electrons. The lowest BCUT2D eigenvalue weighted by Gasteiger charge is -2.25. The van der Waals surface area contributed by atoms with Gasteiger partial charge in [0, 0.05) is 25.0 Å². The highest BCUT2D eigenvalue weighted by molar-refractivity contribution is 7.90. The number of aromatic nitrogens is 5. The molecule has 2 N–H and O–H groups in total. The van der Waals surface area contributed by atoms with E-state index in [1.165, 1.54) is 18.3 Å². The number of imidazole rings is 1. The fourth-order valence-corrected chi connectivity index (χ4v) is 3.87. The van der Waals surface area contributed by atoms with E-state index in [1.54, 1.807) is 6.20 Å². The molecule has 2 atom stereocenters. The lowest BCUT2D eigenvalue weighted by Crippen LogP contribution is -2.22. The van der Waals surface area contributed by atoms with E-state index >= 15 is 0 Å². The third kappa shape index (κ3) is 4.46. The minimum absolute atomic E-state index is 0.0825. The average molecular weight is 432 g/mol. The molecule has 30 heavy (non-hydrogen) atoms. The summed E-state index contributed by atoms with van der Waals surface area (Å²) >= 11 is 0. The monoisotopic (exact) mass is 432 g/mol. The summed E-state index contributed by atoms with van der Waals surface area (Å²) in [6, 6.07) is 2.91. The van der Waals surface area contributed by atoms with E-state index < -0.39 is 15.7 Å². The molecule has 3 aromatic rings. The smallest absolute Gasteiger partial charge is 0.229 e. The third-order valence-corrected chi connectivity index (χ3v) is 5.97. The van der Waals surface area contributed by atoms with E-state index in [0.29, 0.717) is 18.1 Å². The summed E-state index contributed by atoms with van der Waals surface area (Å²) < 4.78 is 43.0. The largest absolute Gasteiger partial charge is 0.378 e. The molecule has 0 spiro atoms. The standard InChI is InChI=1S/C19H21FN6O3S/c1-11-7-12(5-6-29-11)18-22-10-15(24-18)17-14(20)9-23-19(26-17)25-16-4-3-13(8-21-16)30(2,27)28/h3-4,8-12H,5-7H2,1-2H3,(H,22,24)(H,21,23,25,26). The van der Waals surface area contributed by atoms with Crippen LogP contribution >= 0.6 is 0 Å². The van der Waals surface area contributed by atoms with Gasteiger partial charge in [-0.3, -0.25) is 0 Å². The molecule has 4 rings (SSSR count). The van der Waals surface area contributed by atoms with Crippen molar-refractivity contribution in [3.05, 3.63) is 42.4 Å². The molecule has 11 heteroatoms. The normalized spacial score (nSPS) is 19.6. The summed E-state index contributed by atoms with van der Waals surface area (Å²) in [5.74, 6) is 0.882. The highest BCUT2D eigenvalue weighted by Gasteiger charge is 2.24. The Morgan fingerprint density at radius 2 is 2.03 bits per heavy atom. The minimum atomic E-state index is -3.34. The Balaban J connectivity index is 1.55. The molecule has 1 aliphatic rings. The van der Waals surface area contributed by atoms with Crippen LogP contribution in [-0.2, 0) is 14.6 Å². The number of nitrogens with one attached hydrogen (secondary N) is 2. The number of aromatic amines is 1. The van der Waals surface area contributed by atoms with Crippen molar-refractivity contribution in [2.75, 3.05) is 18.2 Å². The first-order chi connectivity index (χ1) is 14.3. The molecule has 0 amide bonds. The van der Waals surface area contributed by atoms with Crippen LogP contribution in [0.4, 0.5) is 16.2 Å². The number of pyridine rings is 1. The molecule has 3 aromatic heterocycles. The van der Waals surface area contributed by atoms with Crippen molar-refractivity contribution in [3.8, 4) is 11.4 Å². The minimum Gasteiger partial charge on any atom is -0.378 e. The second-order valence-electron chi connectivity index (χ2n) is 7.25. The molecule has 1 saturated heterocycles. The molecule has 2 unspecified atom stereocenters. The van der Waals surface area contributed by atoms with Crippen LogP contribution < -0.4 is 5.32 Å². The summed E-state index contributed by atoms with van der Waals surface area (Å²) in [6.45, 7) is 2.69.